The minimum Gasteiger partial charge on any atom is -0.324 e. The lowest BCUT2D eigenvalue weighted by Gasteiger charge is -2.30. The predicted molar refractivity (Wildman–Crippen MR) is 120 cm³/mol. The van der Waals surface area contributed by atoms with E-state index in [9.17, 15) is 24.5 Å². The molecule has 3 amide bonds. The van der Waals surface area contributed by atoms with E-state index in [0.29, 0.717) is 10.7 Å². The molecule has 1 N–H and O–H groups in total. The van der Waals surface area contributed by atoms with Crippen LogP contribution < -0.4 is 10.2 Å². The number of fused-ring (bicyclic) bond motifs is 3. The van der Waals surface area contributed by atoms with E-state index in [0.717, 1.165) is 4.90 Å². The molecular formula is C22H16ClN5O5. The maximum Gasteiger partial charge on any atom is 0.269 e. The Bertz CT molecular complexity index is 1230. The van der Waals surface area contributed by atoms with Crippen molar-refractivity contribution in [3.63, 3.8) is 0 Å². The van der Waals surface area contributed by atoms with Crippen LogP contribution in [0.2, 0.25) is 5.02 Å². The highest BCUT2D eigenvalue weighted by Gasteiger charge is 2.64. The molecular weight excluding hydrogens is 450 g/mol. The number of nitrogens with one attached hydrogen (secondary N) is 1. The quantitative estimate of drug-likeness (QED) is 0.420. The first-order valence-corrected chi connectivity index (χ1v) is 10.4. The average Bonchev–Trinajstić information content (AvgIpc) is 3.28. The number of halogens is 1. The lowest BCUT2D eigenvalue weighted by molar-refractivity contribution is -0.384. The number of rotatable bonds is 4. The summed E-state index contributed by atoms with van der Waals surface area (Å²) in [5.74, 6) is -3.29. The Morgan fingerprint density at radius 1 is 1.03 bits per heavy atom. The molecule has 3 heterocycles. The van der Waals surface area contributed by atoms with Gasteiger partial charge in [-0.3, -0.25) is 29.5 Å². The number of carbonyl (C=O) groups excluding carboxylic acids is 3. The van der Waals surface area contributed by atoms with Crippen LogP contribution in [0.25, 0.3) is 0 Å². The zero-order valence-corrected chi connectivity index (χ0v) is 17.6. The van der Waals surface area contributed by atoms with Crippen LogP contribution in [0, 0.1) is 22.0 Å². The van der Waals surface area contributed by atoms with E-state index in [2.05, 4.69) is 10.4 Å². The normalized spacial score (nSPS) is 25.2. The number of non-ortho nitro benzene ring substituents is 1. The molecule has 0 saturated carbocycles. The molecule has 5 rings (SSSR count). The van der Waals surface area contributed by atoms with Crippen molar-refractivity contribution in [3.05, 3.63) is 75.8 Å². The summed E-state index contributed by atoms with van der Waals surface area (Å²) in [4.78, 5) is 51.4. The Balaban J connectivity index is 1.48. The zero-order chi connectivity index (χ0) is 23.3. The number of nitro benzene ring substituents is 1. The Kier molecular flexibility index (Phi) is 4.94. The summed E-state index contributed by atoms with van der Waals surface area (Å²) in [6.07, 6.45) is 4.91. The third-order valence-corrected chi connectivity index (χ3v) is 6.24. The molecule has 2 aromatic carbocycles. The molecule has 166 valence electrons. The molecule has 0 bridgehead atoms. The van der Waals surface area contributed by atoms with Gasteiger partial charge in [-0.1, -0.05) is 17.7 Å². The van der Waals surface area contributed by atoms with Gasteiger partial charge in [-0.25, -0.2) is 4.90 Å². The molecule has 0 aliphatic carbocycles. The molecule has 0 aromatic heterocycles. The summed E-state index contributed by atoms with van der Waals surface area (Å²) in [6, 6.07) is 10.1. The van der Waals surface area contributed by atoms with Crippen LogP contribution >= 0.6 is 11.6 Å². The Hall–Kier alpha value is -4.05. The summed E-state index contributed by atoms with van der Waals surface area (Å²) < 4.78 is 0. The van der Waals surface area contributed by atoms with Crippen LogP contribution in [0.1, 0.15) is 0 Å². The molecule has 2 aromatic rings. The fourth-order valence-electron chi connectivity index (χ4n) is 4.56. The number of nitrogens with zero attached hydrogens (tertiary/aromatic N) is 4. The molecule has 3 aliphatic heterocycles. The van der Waals surface area contributed by atoms with Gasteiger partial charge >= 0.3 is 0 Å². The Morgan fingerprint density at radius 3 is 2.36 bits per heavy atom. The summed E-state index contributed by atoms with van der Waals surface area (Å²) in [5, 5.41) is 20.0. The van der Waals surface area contributed by atoms with Crippen molar-refractivity contribution in [2.75, 3.05) is 10.2 Å². The van der Waals surface area contributed by atoms with Crippen LogP contribution in [0.3, 0.4) is 0 Å². The molecule has 0 radical (unpaired) electrons. The van der Waals surface area contributed by atoms with Crippen molar-refractivity contribution in [1.82, 2.24) is 5.01 Å². The van der Waals surface area contributed by atoms with Crippen molar-refractivity contribution in [2.45, 2.75) is 12.1 Å². The second-order valence-electron chi connectivity index (χ2n) is 7.80. The maximum absolute atomic E-state index is 13.4. The van der Waals surface area contributed by atoms with E-state index < -0.39 is 46.6 Å². The van der Waals surface area contributed by atoms with Gasteiger partial charge in [0.05, 0.1) is 28.5 Å². The van der Waals surface area contributed by atoms with E-state index in [1.54, 1.807) is 36.4 Å². The smallest absolute Gasteiger partial charge is 0.269 e. The standard InChI is InChI=1S/C22H16ClN5O5/c23-12-3-5-13(6-4-12)25-20(29)19-18-17(16-2-1-11-24-27(16)19)21(30)26(22(18)31)14-7-9-15(10-8-14)28(32)33/h1-11,16-19H,(H,25,29)/t16-,17-,18+,19+/m1/s1. The first-order chi connectivity index (χ1) is 15.9. The summed E-state index contributed by atoms with van der Waals surface area (Å²) in [6.45, 7) is 0. The molecule has 3 aliphatic rings. The van der Waals surface area contributed by atoms with Gasteiger partial charge in [0.1, 0.15) is 6.04 Å². The van der Waals surface area contributed by atoms with Crippen LogP contribution in [-0.4, -0.2) is 46.0 Å². The van der Waals surface area contributed by atoms with Gasteiger partial charge in [0.2, 0.25) is 17.7 Å². The summed E-state index contributed by atoms with van der Waals surface area (Å²) >= 11 is 5.90. The van der Waals surface area contributed by atoms with Gasteiger partial charge in [0.15, 0.2) is 0 Å². The van der Waals surface area contributed by atoms with Gasteiger partial charge in [-0.15, -0.1) is 0 Å². The van der Waals surface area contributed by atoms with Crippen molar-refractivity contribution >= 4 is 52.6 Å². The SMILES string of the molecule is O=C(Nc1ccc(Cl)cc1)[C@@H]1[C@H]2C(=O)N(c3ccc([N+](=O)[O-])cc3)C(=O)[C@@H]2[C@H]2C=CC=NN21. The molecule has 33 heavy (non-hydrogen) atoms. The monoisotopic (exact) mass is 465 g/mol. The van der Waals surface area contributed by atoms with Crippen LogP contribution in [-0.2, 0) is 14.4 Å². The lowest BCUT2D eigenvalue weighted by atomic mass is 9.88. The molecule has 4 atom stereocenters. The van der Waals surface area contributed by atoms with Crippen molar-refractivity contribution in [2.24, 2.45) is 16.9 Å². The number of hydrazone groups is 1. The molecule has 11 heteroatoms. The van der Waals surface area contributed by atoms with Crippen LogP contribution in [0.5, 0.6) is 0 Å². The third kappa shape index (κ3) is 3.35. The number of allylic oxidation sites excluding steroid dienone is 1. The Labute approximate surface area is 192 Å². The minimum absolute atomic E-state index is 0.158. The van der Waals surface area contributed by atoms with E-state index in [1.165, 1.54) is 35.5 Å². The van der Waals surface area contributed by atoms with E-state index in [-0.39, 0.29) is 11.4 Å². The highest BCUT2D eigenvalue weighted by atomic mass is 35.5. The highest BCUT2D eigenvalue weighted by Crippen LogP contribution is 2.45. The van der Waals surface area contributed by atoms with Crippen molar-refractivity contribution in [3.8, 4) is 0 Å². The maximum atomic E-state index is 13.4. The largest absolute Gasteiger partial charge is 0.324 e. The number of carbonyl (C=O) groups is 3. The average molecular weight is 466 g/mol. The second-order valence-corrected chi connectivity index (χ2v) is 8.23. The number of anilines is 2. The van der Waals surface area contributed by atoms with Gasteiger partial charge in [0, 0.05) is 29.1 Å². The number of hydrogen-bond acceptors (Lipinski definition) is 7. The zero-order valence-electron chi connectivity index (χ0n) is 16.9. The second kappa shape index (κ2) is 7.82. The van der Waals surface area contributed by atoms with Crippen molar-refractivity contribution < 1.29 is 19.3 Å². The van der Waals surface area contributed by atoms with Gasteiger partial charge in [-0.2, -0.15) is 5.10 Å². The van der Waals surface area contributed by atoms with E-state index in [4.69, 9.17) is 11.6 Å². The molecule has 2 fully saturated rings. The minimum atomic E-state index is -1.02. The predicted octanol–water partition coefficient (Wildman–Crippen LogP) is 2.60. The Morgan fingerprint density at radius 2 is 1.70 bits per heavy atom. The lowest BCUT2D eigenvalue weighted by Crippen LogP contribution is -2.47. The topological polar surface area (TPSA) is 125 Å². The van der Waals surface area contributed by atoms with Gasteiger partial charge in [-0.05, 0) is 42.5 Å². The molecule has 2 saturated heterocycles. The summed E-state index contributed by atoms with van der Waals surface area (Å²) in [7, 11) is 0. The number of nitro groups is 1. The summed E-state index contributed by atoms with van der Waals surface area (Å²) in [5.41, 5.74) is 0.551. The fraction of sp³-hybridized carbons (Fsp3) is 0.182. The first-order valence-electron chi connectivity index (χ1n) is 10.0. The van der Waals surface area contributed by atoms with Crippen LogP contribution in [0.4, 0.5) is 17.1 Å². The highest BCUT2D eigenvalue weighted by molar-refractivity contribution is 6.30. The van der Waals surface area contributed by atoms with E-state index >= 15 is 0 Å². The van der Waals surface area contributed by atoms with Crippen LogP contribution in [0.15, 0.2) is 65.8 Å². The number of amides is 3. The van der Waals surface area contributed by atoms with Crippen molar-refractivity contribution in [1.29, 1.82) is 0 Å². The molecule has 0 spiro atoms. The number of benzene rings is 2. The van der Waals surface area contributed by atoms with E-state index in [1.807, 2.05) is 0 Å². The number of imide groups is 1. The molecule has 10 nitrogen and oxygen atoms in total. The van der Waals surface area contributed by atoms with Gasteiger partial charge in [0.25, 0.3) is 5.69 Å². The molecule has 0 unspecified atom stereocenters. The number of hydrogen-bond donors (Lipinski definition) is 1. The fourth-order valence-corrected chi connectivity index (χ4v) is 4.69. The van der Waals surface area contributed by atoms with Gasteiger partial charge < -0.3 is 5.32 Å². The third-order valence-electron chi connectivity index (χ3n) is 5.99. The first kappa shape index (κ1) is 20.8.